The molecule has 4 unspecified atom stereocenters. The first-order valence-corrected chi connectivity index (χ1v) is 13.3. The maximum atomic E-state index is 12.6. The number of nitrogens with one attached hydrogen (secondary N) is 4. The Morgan fingerprint density at radius 3 is 0.603 bits per heavy atom. The minimum atomic E-state index is -6.12. The topological polar surface area (TPSA) is 579 Å². The molecule has 0 spiro atoms. The molecular formula is C12H8BN20NaO24. The van der Waals surface area contributed by atoms with Crippen LogP contribution in [0.1, 0.15) is 0 Å². The molecule has 0 radical (unpaired) electrons. The summed E-state index contributed by atoms with van der Waals surface area (Å²) in [6.07, 6.45) is -20.4. The quantitative estimate of drug-likeness (QED) is 0.0636. The van der Waals surface area contributed by atoms with Crippen LogP contribution in [0, 0.1) is 121 Å². The van der Waals surface area contributed by atoms with Crippen LogP contribution in [0.2, 0.25) is 0 Å². The van der Waals surface area contributed by atoms with E-state index in [2.05, 4.69) is 0 Å². The first kappa shape index (κ1) is 43.6. The van der Waals surface area contributed by atoms with Crippen molar-refractivity contribution in [1.82, 2.24) is 41.3 Å². The average molecular weight is 850 g/mol. The second kappa shape index (κ2) is 14.8. The van der Waals surface area contributed by atoms with Gasteiger partial charge in [0, 0.05) is 0 Å². The molecule has 0 aromatic carbocycles. The van der Waals surface area contributed by atoms with E-state index < -0.39 is 157 Å². The van der Waals surface area contributed by atoms with Crippen LogP contribution in [0.5, 0.6) is 0 Å². The molecule has 0 aromatic heterocycles. The van der Waals surface area contributed by atoms with Crippen LogP contribution in [-0.4, -0.2) is 111 Å². The van der Waals surface area contributed by atoms with E-state index in [1.54, 1.807) is 0 Å². The van der Waals surface area contributed by atoms with Gasteiger partial charge in [0.25, 0.3) is 20.1 Å². The Balaban J connectivity index is 0.00000900. The molecule has 4 aliphatic heterocycles. The molecule has 0 saturated carbocycles. The Bertz CT molecular complexity index is 1890. The van der Waals surface area contributed by atoms with Crippen molar-refractivity contribution in [3.05, 3.63) is 167 Å². The number of hydrogen-bond acceptors (Lipinski definition) is 28. The molecule has 44 nitrogen and oxygen atoms in total. The molecule has 304 valence electrons. The van der Waals surface area contributed by atoms with Gasteiger partial charge in [-0.25, -0.2) is 40.5 Å². The third kappa shape index (κ3) is 6.23. The van der Waals surface area contributed by atoms with Gasteiger partial charge < -0.3 is 61.7 Å². The van der Waals surface area contributed by atoms with Gasteiger partial charge in [-0.3, -0.25) is 40.5 Å². The van der Waals surface area contributed by atoms with Crippen LogP contribution in [0.15, 0.2) is 45.7 Å². The van der Waals surface area contributed by atoms with E-state index in [0.29, 0.717) is 0 Å². The van der Waals surface area contributed by atoms with Crippen molar-refractivity contribution in [2.75, 3.05) is 0 Å². The minimum absolute atomic E-state index is 0. The third-order valence-corrected chi connectivity index (χ3v) is 7.82. The van der Waals surface area contributed by atoms with E-state index in [4.69, 9.17) is 0 Å². The molecular weight excluding hydrogens is 842 g/mol. The maximum Gasteiger partial charge on any atom is 1.00 e. The van der Waals surface area contributed by atoms with Crippen LogP contribution in [0.25, 0.3) is 0 Å². The predicted molar refractivity (Wildman–Crippen MR) is 153 cm³/mol. The van der Waals surface area contributed by atoms with Gasteiger partial charge in [0.15, 0.2) is 0 Å². The Kier molecular flexibility index (Phi) is 11.1. The molecule has 0 saturated heterocycles. The fraction of sp³-hybridized carbons (Fsp3) is 0.333. The van der Waals surface area contributed by atoms with Crippen molar-refractivity contribution in [2.24, 2.45) is 0 Å². The van der Waals surface area contributed by atoms with E-state index in [9.17, 15) is 121 Å². The first-order chi connectivity index (χ1) is 26.3. The zero-order valence-electron chi connectivity index (χ0n) is 26.8. The number of hydrazine groups is 4. The zero-order chi connectivity index (χ0) is 43.5. The zero-order valence-corrected chi connectivity index (χ0v) is 28.8. The van der Waals surface area contributed by atoms with Gasteiger partial charge in [0.2, 0.25) is 6.15 Å². The molecule has 0 aliphatic carbocycles. The molecule has 0 aromatic rings. The van der Waals surface area contributed by atoms with Crippen LogP contribution in [0.3, 0.4) is 0 Å². The van der Waals surface area contributed by atoms with E-state index in [1.165, 1.54) is 21.3 Å². The van der Waals surface area contributed by atoms with Gasteiger partial charge in [-0.2, -0.15) is 0 Å². The van der Waals surface area contributed by atoms with Gasteiger partial charge >= 0.3 is 78.0 Å². The van der Waals surface area contributed by atoms with Crippen LogP contribution >= 0.6 is 0 Å². The summed E-state index contributed by atoms with van der Waals surface area (Å²) >= 11 is 0. The van der Waals surface area contributed by atoms with Gasteiger partial charge in [-0.05, 0) is 42.1 Å². The molecule has 4 aliphatic rings. The van der Waals surface area contributed by atoms with Crippen LogP contribution in [-0.2, 0) is 0 Å². The number of nitrogens with zero attached hydrogens (tertiary/aromatic N) is 16. The summed E-state index contributed by atoms with van der Waals surface area (Å²) in [4.78, 5) is 131. The van der Waals surface area contributed by atoms with Gasteiger partial charge in [-0.1, -0.05) is 0 Å². The summed E-state index contributed by atoms with van der Waals surface area (Å²) in [7, 11) is 0. The predicted octanol–water partition coefficient (Wildman–Crippen LogP) is -8.99. The van der Waals surface area contributed by atoms with Gasteiger partial charge in [0.1, 0.15) is 20.0 Å². The van der Waals surface area contributed by atoms with Gasteiger partial charge in [0.05, 0.1) is 19.7 Å². The second-order valence-electron chi connectivity index (χ2n) is 10.4. The van der Waals surface area contributed by atoms with Crippen molar-refractivity contribution in [3.8, 4) is 0 Å². The van der Waals surface area contributed by atoms with Gasteiger partial charge in [-0.15, -0.1) is 0 Å². The third-order valence-electron chi connectivity index (χ3n) is 7.82. The summed E-state index contributed by atoms with van der Waals surface area (Å²) in [5, 5.41) is 139. The van der Waals surface area contributed by atoms with Crippen molar-refractivity contribution >= 4 is 6.15 Å². The maximum absolute atomic E-state index is 12.6. The first-order valence-electron chi connectivity index (χ1n) is 13.3. The molecule has 46 heteroatoms. The standard InChI is InChI=1S/C12H8BN20O24.Na/c34-22(35)5-1(14-9(26(42)43)18(5)30(50)51)13(2-6(23(36)37)19(31(52)53)10(15-2)27(44)45,3-7(24(38)39)20(32(54)55)11(16-3)28(46)47)4-8(25(40)41)21(33(56)57)12(17-4)29(48)49;/h9-12,14-17H;/q-1;+1. The summed E-state index contributed by atoms with van der Waals surface area (Å²) in [6.45, 7) is 0. The van der Waals surface area contributed by atoms with Crippen molar-refractivity contribution in [3.63, 3.8) is 0 Å². The molecule has 0 fully saturated rings. The molecule has 0 bridgehead atoms. The SMILES string of the molecule is O=[N+]([O-])C1=C([B-](C2=C([N+](=O)[O-])N([N+](=O)[O-])C([N+](=O)[O-])N2)(C2=C([N+](=O)[O-])N([N+](=O)[O-])C([N+](=O)[O-])N2)C2=C([N+](=O)[O-])N([N+](=O)[O-])C([N+](=O)[O-])N2)NC([N+](=O)[O-])N1[N+](=O)[O-].[Na+]. The second-order valence-corrected chi connectivity index (χ2v) is 10.4. The van der Waals surface area contributed by atoms with Crippen molar-refractivity contribution < 1.29 is 89.1 Å². The van der Waals surface area contributed by atoms with Crippen molar-refractivity contribution in [1.29, 1.82) is 0 Å². The minimum Gasteiger partial charge on any atom is -0.358 e. The number of hydrogen-bond donors (Lipinski definition) is 4. The Morgan fingerprint density at radius 1 is 0.345 bits per heavy atom. The number of nitro groups is 12. The van der Waals surface area contributed by atoms with E-state index in [1.807, 2.05) is 0 Å². The van der Waals surface area contributed by atoms with Crippen LogP contribution in [0.4, 0.5) is 0 Å². The summed E-state index contributed by atoms with van der Waals surface area (Å²) in [6, 6.07) is 0. The molecule has 4 rings (SSSR count). The fourth-order valence-electron chi connectivity index (χ4n) is 6.12. The molecule has 0 amide bonds. The van der Waals surface area contributed by atoms with E-state index >= 15 is 0 Å². The molecule has 58 heavy (non-hydrogen) atoms. The average Bonchev–Trinajstić information content (AvgIpc) is 3.86. The fourth-order valence-corrected chi connectivity index (χ4v) is 6.12. The Labute approximate surface area is 328 Å². The molecule has 4 heterocycles. The molecule has 4 atom stereocenters. The summed E-state index contributed by atoms with van der Waals surface area (Å²) in [5.74, 6) is -10.6. The Hall–Kier alpha value is -8.78. The van der Waals surface area contributed by atoms with Crippen LogP contribution < -0.4 is 50.8 Å². The van der Waals surface area contributed by atoms with E-state index in [-0.39, 0.29) is 29.6 Å². The summed E-state index contributed by atoms with van der Waals surface area (Å²) in [5.41, 5.74) is -9.68. The Morgan fingerprint density at radius 2 is 0.500 bits per heavy atom. The van der Waals surface area contributed by atoms with E-state index in [0.717, 1.165) is 0 Å². The summed E-state index contributed by atoms with van der Waals surface area (Å²) < 4.78 is 0. The monoisotopic (exact) mass is 850 g/mol. The van der Waals surface area contributed by atoms with Crippen molar-refractivity contribution in [2.45, 2.75) is 25.2 Å². The normalized spacial score (nSPS) is 22.2. The molecule has 4 N–H and O–H groups in total. The number of rotatable bonds is 16. The smallest absolute Gasteiger partial charge is 0.358 e. The largest absolute Gasteiger partial charge is 1.00 e.